The highest BCUT2D eigenvalue weighted by Crippen LogP contribution is 1.91. The fourth-order valence-electron chi connectivity index (χ4n) is 0.852. The molecular weight excluding hydrogens is 202 g/mol. The average Bonchev–Trinajstić information content (AvgIpc) is 2.22. The van der Waals surface area contributed by atoms with Crippen LogP contribution in [0.2, 0.25) is 0 Å². The molecule has 0 saturated heterocycles. The van der Waals surface area contributed by atoms with Gasteiger partial charge in [0.1, 0.15) is 5.84 Å². The molecule has 5 nitrogen and oxygen atoms in total. The Hall–Kier alpha value is -0.620. The molecule has 2 unspecified atom stereocenters. The molecule has 0 aromatic carbocycles. The van der Waals surface area contributed by atoms with Crippen LogP contribution in [-0.4, -0.2) is 39.8 Å². The third-order valence-corrected chi connectivity index (χ3v) is 3.20. The van der Waals surface area contributed by atoms with Crippen molar-refractivity contribution in [3.63, 3.8) is 0 Å². The lowest BCUT2D eigenvalue weighted by Gasteiger charge is -2.10. The maximum Gasteiger partial charge on any atom is 0.143 e. The van der Waals surface area contributed by atoms with Crippen molar-refractivity contribution in [2.45, 2.75) is 13.8 Å². The first kappa shape index (κ1) is 13.4. The summed E-state index contributed by atoms with van der Waals surface area (Å²) in [4.78, 5) is 0. The summed E-state index contributed by atoms with van der Waals surface area (Å²) in [6, 6.07) is 0. The van der Waals surface area contributed by atoms with E-state index in [4.69, 9.17) is 10.9 Å². The smallest absolute Gasteiger partial charge is 0.143 e. The second-order valence-electron chi connectivity index (χ2n) is 3.06. The van der Waals surface area contributed by atoms with Gasteiger partial charge in [0, 0.05) is 41.3 Å². The van der Waals surface area contributed by atoms with Crippen LogP contribution in [0.4, 0.5) is 0 Å². The highest BCUT2D eigenvalue weighted by atomic mass is 32.2. The lowest BCUT2D eigenvalue weighted by atomic mass is 10.1. The van der Waals surface area contributed by atoms with E-state index in [1.54, 1.807) is 0 Å². The molecule has 0 amide bonds. The van der Waals surface area contributed by atoms with Crippen molar-refractivity contribution in [2.24, 2.45) is 16.8 Å². The zero-order valence-corrected chi connectivity index (χ0v) is 9.51. The summed E-state index contributed by atoms with van der Waals surface area (Å²) in [5.74, 6) is 1.56. The molecular formula is C8H19N3O2S. The molecule has 0 heterocycles. The third kappa shape index (κ3) is 5.93. The summed E-state index contributed by atoms with van der Waals surface area (Å²) >= 11 is 0. The van der Waals surface area contributed by atoms with Gasteiger partial charge in [0.15, 0.2) is 0 Å². The van der Waals surface area contributed by atoms with Gasteiger partial charge in [-0.1, -0.05) is 19.0 Å². The topological polar surface area (TPSA) is 87.7 Å². The second-order valence-corrected chi connectivity index (χ2v) is 4.93. The monoisotopic (exact) mass is 221 g/mol. The predicted molar refractivity (Wildman–Crippen MR) is 59.0 cm³/mol. The van der Waals surface area contributed by atoms with Crippen LogP contribution in [-0.2, 0) is 10.8 Å². The van der Waals surface area contributed by atoms with Crippen LogP contribution in [0, 0.1) is 5.92 Å². The maximum absolute atomic E-state index is 11.0. The van der Waals surface area contributed by atoms with Gasteiger partial charge in [0.05, 0.1) is 0 Å². The van der Waals surface area contributed by atoms with Crippen molar-refractivity contribution in [1.82, 2.24) is 5.32 Å². The molecule has 84 valence electrons. The molecule has 0 fully saturated rings. The fraction of sp³-hybridized carbons (Fsp3) is 0.875. The van der Waals surface area contributed by atoms with E-state index in [0.29, 0.717) is 24.6 Å². The first-order valence-electron chi connectivity index (χ1n) is 4.64. The van der Waals surface area contributed by atoms with Gasteiger partial charge in [-0.3, -0.25) is 4.21 Å². The molecule has 0 rings (SSSR count). The van der Waals surface area contributed by atoms with Gasteiger partial charge in [-0.15, -0.1) is 0 Å². The van der Waals surface area contributed by atoms with E-state index in [0.717, 1.165) is 0 Å². The number of nitrogens with two attached hydrogens (primary N) is 1. The molecule has 0 spiro atoms. The van der Waals surface area contributed by atoms with Gasteiger partial charge in [-0.25, -0.2) is 0 Å². The summed E-state index contributed by atoms with van der Waals surface area (Å²) in [5, 5.41) is 14.4. The van der Waals surface area contributed by atoms with Crippen molar-refractivity contribution in [3.8, 4) is 0 Å². The largest absolute Gasteiger partial charge is 0.409 e. The molecule has 4 N–H and O–H groups in total. The highest BCUT2D eigenvalue weighted by Gasteiger charge is 2.06. The Morgan fingerprint density at radius 1 is 1.71 bits per heavy atom. The molecule has 2 atom stereocenters. The van der Waals surface area contributed by atoms with Gasteiger partial charge in [0.25, 0.3) is 0 Å². The molecule has 14 heavy (non-hydrogen) atoms. The molecule has 0 bridgehead atoms. The first-order chi connectivity index (χ1) is 6.61. The van der Waals surface area contributed by atoms with Crippen LogP contribution < -0.4 is 11.1 Å². The molecule has 0 saturated carbocycles. The Balaban J connectivity index is 3.50. The van der Waals surface area contributed by atoms with Gasteiger partial charge >= 0.3 is 0 Å². The van der Waals surface area contributed by atoms with Crippen molar-refractivity contribution in [2.75, 3.05) is 24.6 Å². The summed E-state index contributed by atoms with van der Waals surface area (Å²) in [6.45, 7) is 5.09. The Kier molecular flexibility index (Phi) is 7.41. The van der Waals surface area contributed by atoms with Crippen molar-refractivity contribution in [1.29, 1.82) is 0 Å². The minimum absolute atomic E-state index is 0.00457. The summed E-state index contributed by atoms with van der Waals surface area (Å²) < 4.78 is 11.0. The van der Waals surface area contributed by atoms with Crippen molar-refractivity contribution < 1.29 is 9.42 Å². The van der Waals surface area contributed by atoms with Gasteiger partial charge < -0.3 is 16.3 Å². The normalized spacial score (nSPS) is 16.6. The quantitative estimate of drug-likeness (QED) is 0.181. The van der Waals surface area contributed by atoms with Gasteiger partial charge in [-0.05, 0) is 0 Å². The Morgan fingerprint density at radius 2 is 2.36 bits per heavy atom. The number of nitrogens with zero attached hydrogens (tertiary/aromatic N) is 1. The van der Waals surface area contributed by atoms with E-state index in [2.05, 4.69) is 10.5 Å². The lowest BCUT2D eigenvalue weighted by molar-refractivity contribution is 0.314. The number of rotatable bonds is 7. The number of hydrogen-bond donors (Lipinski definition) is 3. The Bertz CT molecular complexity index is 209. The predicted octanol–water partition coefficient (Wildman–Crippen LogP) is -0.273. The number of oxime groups is 1. The average molecular weight is 221 g/mol. The minimum atomic E-state index is -0.728. The van der Waals surface area contributed by atoms with E-state index < -0.39 is 10.8 Å². The Morgan fingerprint density at radius 3 is 2.86 bits per heavy atom. The van der Waals surface area contributed by atoms with Crippen molar-refractivity contribution >= 4 is 16.6 Å². The van der Waals surface area contributed by atoms with E-state index in [9.17, 15) is 4.21 Å². The standard InChI is InChI=1S/C8H19N3O2S/c1-3-14(13)5-4-10-6-7(2)8(9)11-12/h7,10,12H,3-6H2,1-2H3,(H2,9,11). The zero-order chi connectivity index (χ0) is 11.0. The number of hydrogen-bond acceptors (Lipinski definition) is 4. The Labute approximate surface area is 87.2 Å². The summed E-state index contributed by atoms with van der Waals surface area (Å²) in [7, 11) is -0.728. The summed E-state index contributed by atoms with van der Waals surface area (Å²) in [5.41, 5.74) is 5.38. The molecule has 0 aromatic rings. The van der Waals surface area contributed by atoms with Crippen LogP contribution >= 0.6 is 0 Å². The lowest BCUT2D eigenvalue weighted by Crippen LogP contribution is -2.33. The van der Waals surface area contributed by atoms with E-state index in [-0.39, 0.29) is 11.8 Å². The number of nitrogens with one attached hydrogen (secondary N) is 1. The summed E-state index contributed by atoms with van der Waals surface area (Å²) in [6.07, 6.45) is 0. The van der Waals surface area contributed by atoms with Gasteiger partial charge in [0.2, 0.25) is 0 Å². The maximum atomic E-state index is 11.0. The first-order valence-corrected chi connectivity index (χ1v) is 6.13. The zero-order valence-electron chi connectivity index (χ0n) is 8.69. The number of amidine groups is 1. The van der Waals surface area contributed by atoms with E-state index in [1.807, 2.05) is 13.8 Å². The van der Waals surface area contributed by atoms with Crippen LogP contribution in [0.25, 0.3) is 0 Å². The van der Waals surface area contributed by atoms with Crippen LogP contribution in [0.15, 0.2) is 5.16 Å². The SMILES string of the molecule is CCS(=O)CCNCC(C)C(N)=NO. The molecule has 0 radical (unpaired) electrons. The van der Waals surface area contributed by atoms with E-state index in [1.165, 1.54) is 0 Å². The fourth-order valence-corrected chi connectivity index (χ4v) is 1.51. The minimum Gasteiger partial charge on any atom is -0.409 e. The van der Waals surface area contributed by atoms with Crippen LogP contribution in [0.3, 0.4) is 0 Å². The highest BCUT2D eigenvalue weighted by molar-refractivity contribution is 7.84. The third-order valence-electron chi connectivity index (χ3n) is 1.90. The molecule has 0 aliphatic rings. The molecule has 0 aliphatic heterocycles. The van der Waals surface area contributed by atoms with Crippen LogP contribution in [0.1, 0.15) is 13.8 Å². The van der Waals surface area contributed by atoms with E-state index >= 15 is 0 Å². The molecule has 0 aliphatic carbocycles. The van der Waals surface area contributed by atoms with Gasteiger partial charge in [-0.2, -0.15) is 0 Å². The molecule has 0 aromatic heterocycles. The van der Waals surface area contributed by atoms with Crippen molar-refractivity contribution in [3.05, 3.63) is 0 Å². The van der Waals surface area contributed by atoms with Crippen LogP contribution in [0.5, 0.6) is 0 Å². The second kappa shape index (κ2) is 7.75. The molecule has 6 heteroatoms.